The summed E-state index contributed by atoms with van der Waals surface area (Å²) in [5, 5.41) is 7.31. The summed E-state index contributed by atoms with van der Waals surface area (Å²) < 4.78 is 29.5. The molecule has 3 aromatic rings. The molecule has 0 atom stereocenters. The first-order valence-electron chi connectivity index (χ1n) is 10.7. The van der Waals surface area contributed by atoms with Crippen molar-refractivity contribution in [3.8, 4) is 0 Å². The van der Waals surface area contributed by atoms with Crippen molar-refractivity contribution in [2.45, 2.75) is 18.4 Å². The second kappa shape index (κ2) is 9.54. The van der Waals surface area contributed by atoms with E-state index in [4.69, 9.17) is 11.6 Å². The van der Waals surface area contributed by atoms with Crippen molar-refractivity contribution < 1.29 is 13.2 Å². The van der Waals surface area contributed by atoms with Crippen molar-refractivity contribution in [3.05, 3.63) is 70.9 Å². The maximum atomic E-state index is 13.4. The molecule has 0 saturated carbocycles. The van der Waals surface area contributed by atoms with Crippen LogP contribution in [0.2, 0.25) is 5.02 Å². The minimum absolute atomic E-state index is 0.0225. The van der Waals surface area contributed by atoms with Gasteiger partial charge in [-0.1, -0.05) is 36.7 Å². The zero-order valence-electron chi connectivity index (χ0n) is 18.5. The van der Waals surface area contributed by atoms with Crippen molar-refractivity contribution in [1.29, 1.82) is 0 Å². The van der Waals surface area contributed by atoms with E-state index in [1.54, 1.807) is 25.2 Å². The van der Waals surface area contributed by atoms with Gasteiger partial charge in [-0.25, -0.2) is 8.42 Å². The van der Waals surface area contributed by atoms with Crippen LogP contribution in [-0.4, -0.2) is 54.6 Å². The third-order valence-electron chi connectivity index (χ3n) is 5.66. The first kappa shape index (κ1) is 23.3. The minimum atomic E-state index is -3.95. The minimum Gasteiger partial charge on any atom is -0.369 e. The van der Waals surface area contributed by atoms with Crippen LogP contribution < -0.4 is 10.2 Å². The Morgan fingerprint density at radius 1 is 1.09 bits per heavy atom. The van der Waals surface area contributed by atoms with Crippen LogP contribution in [0.3, 0.4) is 0 Å². The van der Waals surface area contributed by atoms with E-state index in [2.05, 4.69) is 22.2 Å². The number of aromatic nitrogens is 2. The number of nitrogens with zero attached hydrogens (tertiary/aromatic N) is 4. The molecule has 1 aliphatic rings. The van der Waals surface area contributed by atoms with E-state index in [1.165, 1.54) is 15.2 Å². The van der Waals surface area contributed by atoms with Crippen molar-refractivity contribution >= 4 is 38.9 Å². The Labute approximate surface area is 198 Å². The largest absolute Gasteiger partial charge is 0.369 e. The maximum absolute atomic E-state index is 13.4. The van der Waals surface area contributed by atoms with Gasteiger partial charge in [0.05, 0.1) is 5.56 Å². The van der Waals surface area contributed by atoms with Crippen LogP contribution in [0.15, 0.2) is 59.8 Å². The Kier molecular flexibility index (Phi) is 6.73. The SMILES string of the molecule is CCc1ccc(NC(=O)c2cn(C)nc2S(=O)(=O)N2CCN(c3cccc(Cl)c3)CC2)cc1. The van der Waals surface area contributed by atoms with Crippen LogP contribution >= 0.6 is 11.6 Å². The van der Waals surface area contributed by atoms with Crippen LogP contribution in [0.1, 0.15) is 22.8 Å². The van der Waals surface area contributed by atoms with Crippen LogP contribution in [0.5, 0.6) is 0 Å². The van der Waals surface area contributed by atoms with Crippen molar-refractivity contribution in [3.63, 3.8) is 0 Å². The van der Waals surface area contributed by atoms with E-state index in [-0.39, 0.29) is 23.7 Å². The molecule has 8 nitrogen and oxygen atoms in total. The lowest BCUT2D eigenvalue weighted by molar-refractivity contribution is 0.102. The molecule has 0 unspecified atom stereocenters. The summed E-state index contributed by atoms with van der Waals surface area (Å²) in [6.07, 6.45) is 2.33. The molecule has 1 saturated heterocycles. The predicted molar refractivity (Wildman–Crippen MR) is 129 cm³/mol. The Bertz CT molecular complexity index is 1250. The smallest absolute Gasteiger partial charge is 0.263 e. The van der Waals surface area contributed by atoms with Gasteiger partial charge in [0.15, 0.2) is 0 Å². The molecule has 1 fully saturated rings. The van der Waals surface area contributed by atoms with E-state index in [0.717, 1.165) is 17.7 Å². The van der Waals surface area contributed by atoms with Crippen LogP contribution in [-0.2, 0) is 23.5 Å². The highest BCUT2D eigenvalue weighted by Gasteiger charge is 2.34. The standard InChI is InChI=1S/C23H26ClN5O3S/c1-3-17-7-9-19(10-8-17)25-22(30)21-16-27(2)26-23(21)33(31,32)29-13-11-28(12-14-29)20-6-4-5-18(24)15-20/h4-10,15-16H,3,11-14H2,1-2H3,(H,25,30). The highest BCUT2D eigenvalue weighted by atomic mass is 35.5. The predicted octanol–water partition coefficient (Wildman–Crippen LogP) is 3.40. The molecule has 1 aliphatic heterocycles. The Hall–Kier alpha value is -2.88. The second-order valence-corrected chi connectivity index (χ2v) is 10.2. The molecule has 0 bridgehead atoms. The summed E-state index contributed by atoms with van der Waals surface area (Å²) in [6, 6.07) is 14.9. The topological polar surface area (TPSA) is 87.5 Å². The van der Waals surface area contributed by atoms with Crippen molar-refractivity contribution in [1.82, 2.24) is 14.1 Å². The number of aryl methyl sites for hydroxylation is 2. The van der Waals surface area contributed by atoms with Gasteiger partial charge in [0.2, 0.25) is 5.03 Å². The van der Waals surface area contributed by atoms with E-state index in [1.807, 2.05) is 30.3 Å². The van der Waals surface area contributed by atoms with E-state index >= 15 is 0 Å². The Morgan fingerprint density at radius 2 is 1.79 bits per heavy atom. The summed E-state index contributed by atoms with van der Waals surface area (Å²) in [6.45, 7) is 3.64. The number of halogens is 1. The second-order valence-electron chi connectivity index (χ2n) is 7.90. The van der Waals surface area contributed by atoms with Gasteiger partial charge in [0, 0.05) is 55.8 Å². The third kappa shape index (κ3) is 5.05. The summed E-state index contributed by atoms with van der Waals surface area (Å²) in [4.78, 5) is 15.0. The van der Waals surface area contributed by atoms with Gasteiger partial charge in [-0.15, -0.1) is 0 Å². The quantitative estimate of drug-likeness (QED) is 0.575. The van der Waals surface area contributed by atoms with E-state index in [9.17, 15) is 13.2 Å². The van der Waals surface area contributed by atoms with Crippen LogP contribution in [0.25, 0.3) is 0 Å². The molecule has 0 radical (unpaired) electrons. The van der Waals surface area contributed by atoms with E-state index in [0.29, 0.717) is 23.8 Å². The van der Waals surface area contributed by atoms with Gasteiger partial charge in [0.25, 0.3) is 15.9 Å². The molecule has 4 rings (SSSR count). The molecular weight excluding hydrogens is 462 g/mol. The van der Waals surface area contributed by atoms with Gasteiger partial charge in [-0.05, 0) is 42.3 Å². The summed E-state index contributed by atoms with van der Waals surface area (Å²) in [5.74, 6) is -0.511. The Balaban J connectivity index is 1.51. The normalized spacial score (nSPS) is 14.9. The molecule has 33 heavy (non-hydrogen) atoms. The average Bonchev–Trinajstić information content (AvgIpc) is 3.22. The zero-order chi connectivity index (χ0) is 23.6. The highest BCUT2D eigenvalue weighted by Crippen LogP contribution is 2.25. The van der Waals surface area contributed by atoms with E-state index < -0.39 is 15.9 Å². The zero-order valence-corrected chi connectivity index (χ0v) is 20.1. The van der Waals surface area contributed by atoms with Gasteiger partial charge in [-0.2, -0.15) is 9.40 Å². The highest BCUT2D eigenvalue weighted by molar-refractivity contribution is 7.89. The molecule has 1 aromatic heterocycles. The number of rotatable bonds is 6. The summed E-state index contributed by atoms with van der Waals surface area (Å²) in [5.41, 5.74) is 2.72. The molecule has 0 spiro atoms. The number of sulfonamides is 1. The molecule has 2 aromatic carbocycles. The maximum Gasteiger partial charge on any atom is 0.263 e. The third-order valence-corrected chi connectivity index (χ3v) is 7.73. The lowest BCUT2D eigenvalue weighted by Gasteiger charge is -2.35. The summed E-state index contributed by atoms with van der Waals surface area (Å²) in [7, 11) is -2.35. The lowest BCUT2D eigenvalue weighted by atomic mass is 10.1. The number of hydrogen-bond donors (Lipinski definition) is 1. The number of carbonyl (C=O) groups excluding carboxylic acids is 1. The fourth-order valence-corrected chi connectivity index (χ4v) is 5.55. The number of anilines is 2. The van der Waals surface area contributed by atoms with Gasteiger partial charge in [-0.3, -0.25) is 9.48 Å². The van der Waals surface area contributed by atoms with Crippen LogP contribution in [0, 0.1) is 0 Å². The number of hydrogen-bond acceptors (Lipinski definition) is 5. The van der Waals surface area contributed by atoms with Crippen molar-refractivity contribution in [2.24, 2.45) is 7.05 Å². The Morgan fingerprint density at radius 3 is 2.42 bits per heavy atom. The van der Waals surface area contributed by atoms with Gasteiger partial charge >= 0.3 is 0 Å². The molecule has 1 amide bonds. The molecule has 0 aliphatic carbocycles. The lowest BCUT2D eigenvalue weighted by Crippen LogP contribution is -2.49. The molecular formula is C23H26ClN5O3S. The number of benzene rings is 2. The fraction of sp³-hybridized carbons (Fsp3) is 0.304. The first-order chi connectivity index (χ1) is 15.8. The first-order valence-corrected chi connectivity index (χ1v) is 12.5. The van der Waals surface area contributed by atoms with Gasteiger partial charge < -0.3 is 10.2 Å². The van der Waals surface area contributed by atoms with Gasteiger partial charge in [0.1, 0.15) is 0 Å². The van der Waals surface area contributed by atoms with Crippen molar-refractivity contribution in [2.75, 3.05) is 36.4 Å². The monoisotopic (exact) mass is 487 g/mol. The number of piperazine rings is 1. The number of amides is 1. The van der Waals surface area contributed by atoms with Crippen LogP contribution in [0.4, 0.5) is 11.4 Å². The fourth-order valence-electron chi connectivity index (χ4n) is 3.82. The average molecular weight is 488 g/mol. The molecule has 10 heteroatoms. The summed E-state index contributed by atoms with van der Waals surface area (Å²) >= 11 is 6.09. The molecule has 174 valence electrons. The molecule has 2 heterocycles. The molecule has 1 N–H and O–H groups in total. The number of nitrogens with one attached hydrogen (secondary N) is 1. The number of carbonyl (C=O) groups is 1.